The monoisotopic (exact) mass is 310 g/mol. The molecule has 0 radical (unpaired) electrons. The van der Waals surface area contributed by atoms with Gasteiger partial charge in [-0.1, -0.05) is 29.4 Å². The zero-order valence-electron chi connectivity index (χ0n) is 11.2. The standard InChI is InChI=1S/C13H15ClN4OS/c1-9(2)16-12(19)7-20-13-17-15-8-18(13)11-5-3-4-10(14)6-11/h3-6,8-9H,7H2,1-2H3,(H,16,19). The predicted molar refractivity (Wildman–Crippen MR) is 80.4 cm³/mol. The highest BCUT2D eigenvalue weighted by molar-refractivity contribution is 7.99. The second kappa shape index (κ2) is 6.76. The maximum Gasteiger partial charge on any atom is 0.230 e. The summed E-state index contributed by atoms with van der Waals surface area (Å²) in [4.78, 5) is 11.6. The first-order chi connectivity index (χ1) is 9.56. The second-order valence-electron chi connectivity index (χ2n) is 4.47. The third-order valence-electron chi connectivity index (χ3n) is 2.38. The van der Waals surface area contributed by atoms with Gasteiger partial charge < -0.3 is 5.32 Å². The SMILES string of the molecule is CC(C)NC(=O)CSc1nncn1-c1cccc(Cl)c1. The molecule has 0 aliphatic carbocycles. The number of nitrogens with zero attached hydrogens (tertiary/aromatic N) is 3. The second-order valence-corrected chi connectivity index (χ2v) is 5.85. The van der Waals surface area contributed by atoms with E-state index in [9.17, 15) is 4.79 Å². The van der Waals surface area contributed by atoms with Crippen molar-refractivity contribution in [2.75, 3.05) is 5.75 Å². The Morgan fingerprint density at radius 1 is 1.50 bits per heavy atom. The van der Waals surface area contributed by atoms with E-state index in [0.717, 1.165) is 5.69 Å². The van der Waals surface area contributed by atoms with Gasteiger partial charge in [-0.15, -0.1) is 10.2 Å². The number of nitrogens with one attached hydrogen (secondary N) is 1. The molecule has 1 aromatic heterocycles. The molecule has 7 heteroatoms. The van der Waals surface area contributed by atoms with Crippen LogP contribution in [0, 0.1) is 0 Å². The van der Waals surface area contributed by atoms with E-state index in [1.165, 1.54) is 11.8 Å². The first kappa shape index (κ1) is 14.9. The van der Waals surface area contributed by atoms with Gasteiger partial charge in [-0.05, 0) is 32.0 Å². The number of hydrogen-bond acceptors (Lipinski definition) is 4. The largest absolute Gasteiger partial charge is 0.353 e. The van der Waals surface area contributed by atoms with Crippen molar-refractivity contribution in [3.05, 3.63) is 35.6 Å². The lowest BCUT2D eigenvalue weighted by atomic mass is 10.3. The topological polar surface area (TPSA) is 59.8 Å². The molecule has 0 saturated heterocycles. The van der Waals surface area contributed by atoms with Crippen LogP contribution in [0.15, 0.2) is 35.7 Å². The Labute approximate surface area is 126 Å². The zero-order chi connectivity index (χ0) is 14.5. The molecule has 2 rings (SSSR count). The number of thioether (sulfide) groups is 1. The molecular formula is C13H15ClN4OS. The predicted octanol–water partition coefficient (Wildman–Crippen LogP) is 2.54. The van der Waals surface area contributed by atoms with Crippen molar-refractivity contribution in [1.82, 2.24) is 20.1 Å². The lowest BCUT2D eigenvalue weighted by Gasteiger charge is -2.08. The lowest BCUT2D eigenvalue weighted by molar-refractivity contribution is -0.119. The number of amides is 1. The van der Waals surface area contributed by atoms with Crippen LogP contribution in [0.25, 0.3) is 5.69 Å². The van der Waals surface area contributed by atoms with E-state index in [1.807, 2.05) is 32.0 Å². The van der Waals surface area contributed by atoms with Gasteiger partial charge in [-0.3, -0.25) is 9.36 Å². The van der Waals surface area contributed by atoms with Crippen molar-refractivity contribution < 1.29 is 4.79 Å². The summed E-state index contributed by atoms with van der Waals surface area (Å²) in [6.45, 7) is 3.86. The molecule has 1 heterocycles. The van der Waals surface area contributed by atoms with Crippen LogP contribution in [0.4, 0.5) is 0 Å². The average Bonchev–Trinajstić information content (AvgIpc) is 2.84. The van der Waals surface area contributed by atoms with E-state index in [4.69, 9.17) is 11.6 Å². The van der Waals surface area contributed by atoms with E-state index in [1.54, 1.807) is 17.0 Å². The molecule has 0 aliphatic rings. The highest BCUT2D eigenvalue weighted by Crippen LogP contribution is 2.21. The lowest BCUT2D eigenvalue weighted by Crippen LogP contribution is -2.31. The fraction of sp³-hybridized carbons (Fsp3) is 0.308. The van der Waals surface area contributed by atoms with Crippen LogP contribution in [0.3, 0.4) is 0 Å². The van der Waals surface area contributed by atoms with E-state index in [-0.39, 0.29) is 11.9 Å². The molecule has 0 unspecified atom stereocenters. The Morgan fingerprint density at radius 3 is 3.00 bits per heavy atom. The maximum absolute atomic E-state index is 11.6. The average molecular weight is 311 g/mol. The number of hydrogen-bond donors (Lipinski definition) is 1. The van der Waals surface area contributed by atoms with E-state index in [2.05, 4.69) is 15.5 Å². The van der Waals surface area contributed by atoms with Gasteiger partial charge in [0, 0.05) is 11.1 Å². The van der Waals surface area contributed by atoms with Gasteiger partial charge in [0.1, 0.15) is 6.33 Å². The van der Waals surface area contributed by atoms with Crippen LogP contribution in [0.5, 0.6) is 0 Å². The van der Waals surface area contributed by atoms with Gasteiger partial charge in [0.2, 0.25) is 5.91 Å². The van der Waals surface area contributed by atoms with E-state index >= 15 is 0 Å². The number of rotatable bonds is 5. The van der Waals surface area contributed by atoms with Gasteiger partial charge in [-0.25, -0.2) is 0 Å². The summed E-state index contributed by atoms with van der Waals surface area (Å²) in [5, 5.41) is 12.0. The number of aromatic nitrogens is 3. The minimum absolute atomic E-state index is 0.0226. The number of benzene rings is 1. The Hall–Kier alpha value is -1.53. The molecule has 5 nitrogen and oxygen atoms in total. The highest BCUT2D eigenvalue weighted by Gasteiger charge is 2.10. The fourth-order valence-corrected chi connectivity index (χ4v) is 2.54. The smallest absolute Gasteiger partial charge is 0.230 e. The first-order valence-electron chi connectivity index (χ1n) is 6.14. The third-order valence-corrected chi connectivity index (χ3v) is 3.56. The first-order valence-corrected chi connectivity index (χ1v) is 7.50. The summed E-state index contributed by atoms with van der Waals surface area (Å²) in [5.74, 6) is 0.280. The van der Waals surface area contributed by atoms with Gasteiger partial charge >= 0.3 is 0 Å². The summed E-state index contributed by atoms with van der Waals surface area (Å²) >= 11 is 7.31. The van der Waals surface area contributed by atoms with Crippen molar-refractivity contribution in [2.45, 2.75) is 25.0 Å². The molecule has 106 valence electrons. The normalized spacial score (nSPS) is 10.8. The Balaban J connectivity index is 2.08. The number of carbonyl (C=O) groups excluding carboxylic acids is 1. The summed E-state index contributed by atoms with van der Waals surface area (Å²) in [6, 6.07) is 7.53. The summed E-state index contributed by atoms with van der Waals surface area (Å²) in [5.41, 5.74) is 0.870. The Bertz CT molecular complexity index is 600. The molecule has 2 aromatic rings. The summed E-state index contributed by atoms with van der Waals surface area (Å²) in [6.07, 6.45) is 1.61. The molecule has 0 bridgehead atoms. The molecule has 0 aliphatic heterocycles. The molecule has 20 heavy (non-hydrogen) atoms. The number of halogens is 1. The van der Waals surface area contributed by atoms with Crippen LogP contribution >= 0.6 is 23.4 Å². The molecule has 0 atom stereocenters. The Morgan fingerprint density at radius 2 is 2.30 bits per heavy atom. The van der Waals surface area contributed by atoms with E-state index < -0.39 is 0 Å². The van der Waals surface area contributed by atoms with Crippen LogP contribution in [-0.2, 0) is 4.79 Å². The van der Waals surface area contributed by atoms with Crippen molar-refractivity contribution >= 4 is 29.3 Å². The molecule has 0 fully saturated rings. The quantitative estimate of drug-likeness (QED) is 0.862. The third kappa shape index (κ3) is 3.98. The summed E-state index contributed by atoms with van der Waals surface area (Å²) in [7, 11) is 0. The molecule has 0 saturated carbocycles. The molecule has 1 amide bonds. The molecule has 0 spiro atoms. The van der Waals surface area contributed by atoms with Crippen LogP contribution in [0.1, 0.15) is 13.8 Å². The van der Waals surface area contributed by atoms with Crippen molar-refractivity contribution in [2.24, 2.45) is 0 Å². The highest BCUT2D eigenvalue weighted by atomic mass is 35.5. The van der Waals surface area contributed by atoms with Gasteiger partial charge in [0.15, 0.2) is 5.16 Å². The van der Waals surface area contributed by atoms with Crippen molar-refractivity contribution in [3.63, 3.8) is 0 Å². The van der Waals surface area contributed by atoms with Gasteiger partial charge in [0.25, 0.3) is 0 Å². The van der Waals surface area contributed by atoms with Crippen LogP contribution in [0.2, 0.25) is 5.02 Å². The van der Waals surface area contributed by atoms with Gasteiger partial charge in [-0.2, -0.15) is 0 Å². The van der Waals surface area contributed by atoms with Crippen LogP contribution < -0.4 is 5.32 Å². The molecule has 1 aromatic carbocycles. The fourth-order valence-electron chi connectivity index (χ4n) is 1.62. The maximum atomic E-state index is 11.6. The number of carbonyl (C=O) groups is 1. The summed E-state index contributed by atoms with van der Waals surface area (Å²) < 4.78 is 1.80. The Kier molecular flexibility index (Phi) is 5.03. The minimum Gasteiger partial charge on any atom is -0.353 e. The minimum atomic E-state index is -0.0226. The van der Waals surface area contributed by atoms with Gasteiger partial charge in [0.05, 0.1) is 11.4 Å². The van der Waals surface area contributed by atoms with Crippen molar-refractivity contribution in [3.8, 4) is 5.69 Å². The van der Waals surface area contributed by atoms with Crippen LogP contribution in [-0.4, -0.2) is 32.5 Å². The molecule has 1 N–H and O–H groups in total. The zero-order valence-corrected chi connectivity index (χ0v) is 12.8. The molecular weight excluding hydrogens is 296 g/mol. The van der Waals surface area contributed by atoms with E-state index in [0.29, 0.717) is 15.9 Å². The van der Waals surface area contributed by atoms with Crippen molar-refractivity contribution in [1.29, 1.82) is 0 Å².